The van der Waals surface area contributed by atoms with E-state index in [-0.39, 0.29) is 6.04 Å². The third-order valence-corrected chi connectivity index (χ3v) is 8.45. The van der Waals surface area contributed by atoms with E-state index in [0.29, 0.717) is 16.6 Å². The van der Waals surface area contributed by atoms with Gasteiger partial charge in [0.25, 0.3) is 0 Å². The summed E-state index contributed by atoms with van der Waals surface area (Å²) >= 11 is 7.57. The average Bonchev–Trinajstić information content (AvgIpc) is 3.29. The van der Waals surface area contributed by atoms with Gasteiger partial charge in [-0.25, -0.2) is 4.79 Å². The fourth-order valence-corrected chi connectivity index (χ4v) is 6.34. The Labute approximate surface area is 209 Å². The van der Waals surface area contributed by atoms with Gasteiger partial charge in [-0.05, 0) is 92.5 Å². The predicted molar refractivity (Wildman–Crippen MR) is 141 cm³/mol. The first-order chi connectivity index (χ1) is 16.6. The summed E-state index contributed by atoms with van der Waals surface area (Å²) in [5, 5.41) is 11.7. The predicted octanol–water partition coefficient (Wildman–Crippen LogP) is 6.21. The van der Waals surface area contributed by atoms with Crippen LogP contribution in [0.4, 0.5) is 16.3 Å². The maximum atomic E-state index is 12.0. The Morgan fingerprint density at radius 3 is 2.44 bits per heavy atom. The largest absolute Gasteiger partial charge is 0.465 e. The van der Waals surface area contributed by atoms with E-state index in [1.165, 1.54) is 21.4 Å². The first kappa shape index (κ1) is 23.4. The number of halogens is 1. The van der Waals surface area contributed by atoms with Crippen LogP contribution in [0, 0.1) is 5.92 Å². The standard InChI is InChI=1S/C26H31ClN4O2S/c27-20-7-11-22(12-8-20)31(26(32)33)21-9-5-19(6-10-21)13-14-29-15-17-30(18-16-29)25-23-3-1-2-4-24(23)34-28-25/h1-4,7-8,11-12,19,21H,5-6,9-10,13-18H2,(H,32,33). The molecular weight excluding hydrogens is 468 g/mol. The molecular formula is C26H31ClN4O2S. The molecule has 1 saturated carbocycles. The molecule has 0 radical (unpaired) electrons. The van der Waals surface area contributed by atoms with Gasteiger partial charge in [-0.2, -0.15) is 4.37 Å². The van der Waals surface area contributed by atoms with Crippen molar-refractivity contribution in [3.8, 4) is 0 Å². The Kier molecular flexibility index (Phi) is 7.23. The molecule has 0 spiro atoms. The highest BCUT2D eigenvalue weighted by atomic mass is 35.5. The van der Waals surface area contributed by atoms with Gasteiger partial charge < -0.3 is 10.0 Å². The van der Waals surface area contributed by atoms with Crippen molar-refractivity contribution < 1.29 is 9.90 Å². The van der Waals surface area contributed by atoms with Crippen molar-refractivity contribution in [3.63, 3.8) is 0 Å². The third kappa shape index (κ3) is 5.16. The van der Waals surface area contributed by atoms with Gasteiger partial charge in [0, 0.05) is 48.3 Å². The van der Waals surface area contributed by atoms with Crippen LogP contribution >= 0.6 is 23.1 Å². The molecule has 2 aliphatic rings. The van der Waals surface area contributed by atoms with Crippen molar-refractivity contribution in [2.75, 3.05) is 42.5 Å². The van der Waals surface area contributed by atoms with Crippen molar-refractivity contribution in [2.45, 2.75) is 38.1 Å². The first-order valence-electron chi connectivity index (χ1n) is 12.2. The zero-order chi connectivity index (χ0) is 23.5. The monoisotopic (exact) mass is 498 g/mol. The van der Waals surface area contributed by atoms with Gasteiger partial charge >= 0.3 is 6.09 Å². The number of hydrogen-bond donors (Lipinski definition) is 1. The van der Waals surface area contributed by atoms with Crippen LogP contribution in [-0.4, -0.2) is 59.2 Å². The highest BCUT2D eigenvalue weighted by Gasteiger charge is 2.30. The summed E-state index contributed by atoms with van der Waals surface area (Å²) in [5.41, 5.74) is 0.714. The highest BCUT2D eigenvalue weighted by molar-refractivity contribution is 7.13. The molecule has 180 valence electrons. The van der Waals surface area contributed by atoms with Crippen LogP contribution in [0.25, 0.3) is 10.1 Å². The van der Waals surface area contributed by atoms with Gasteiger partial charge in [-0.15, -0.1) is 0 Å². The van der Waals surface area contributed by atoms with Crippen molar-refractivity contribution in [1.82, 2.24) is 9.27 Å². The minimum atomic E-state index is -0.878. The SMILES string of the molecule is O=C(O)N(c1ccc(Cl)cc1)C1CCC(CCN2CCN(c3nsc4ccccc34)CC2)CC1. The zero-order valence-electron chi connectivity index (χ0n) is 19.3. The fraction of sp³-hybridized carbons (Fsp3) is 0.462. The number of rotatable bonds is 6. The van der Waals surface area contributed by atoms with Crippen LogP contribution in [-0.2, 0) is 0 Å². The molecule has 1 aromatic heterocycles. The maximum Gasteiger partial charge on any atom is 0.412 e. The Balaban J connectivity index is 1.08. The van der Waals surface area contributed by atoms with Gasteiger partial charge in [-0.3, -0.25) is 9.80 Å². The van der Waals surface area contributed by atoms with Crippen molar-refractivity contribution >= 4 is 50.8 Å². The van der Waals surface area contributed by atoms with E-state index in [2.05, 4.69) is 34.1 Å². The number of fused-ring (bicyclic) bond motifs is 1. The third-order valence-electron chi connectivity index (χ3n) is 7.38. The molecule has 2 aromatic carbocycles. The van der Waals surface area contributed by atoms with E-state index in [9.17, 15) is 9.90 Å². The number of amides is 1. The molecule has 8 heteroatoms. The molecule has 0 bridgehead atoms. The molecule has 1 aliphatic carbocycles. The number of carboxylic acid groups (broad SMARTS) is 1. The lowest BCUT2D eigenvalue weighted by atomic mass is 9.83. The van der Waals surface area contributed by atoms with Crippen LogP contribution in [0.15, 0.2) is 48.5 Å². The highest BCUT2D eigenvalue weighted by Crippen LogP contribution is 2.33. The Morgan fingerprint density at radius 2 is 1.74 bits per heavy atom. The van der Waals surface area contributed by atoms with E-state index in [1.807, 2.05) is 0 Å². The quantitative estimate of drug-likeness (QED) is 0.438. The number of carbonyl (C=O) groups is 1. The van der Waals surface area contributed by atoms with Crippen LogP contribution in [0.2, 0.25) is 5.02 Å². The van der Waals surface area contributed by atoms with E-state index in [4.69, 9.17) is 16.0 Å². The molecule has 1 amide bonds. The van der Waals surface area contributed by atoms with E-state index in [0.717, 1.165) is 64.2 Å². The normalized spacial score (nSPS) is 21.6. The van der Waals surface area contributed by atoms with Crippen LogP contribution in [0.5, 0.6) is 0 Å². The molecule has 1 N–H and O–H groups in total. The molecule has 0 unspecified atom stereocenters. The molecule has 6 nitrogen and oxygen atoms in total. The van der Waals surface area contributed by atoms with Crippen molar-refractivity contribution in [3.05, 3.63) is 53.6 Å². The maximum absolute atomic E-state index is 12.0. The Morgan fingerprint density at radius 1 is 1.03 bits per heavy atom. The molecule has 1 saturated heterocycles. The van der Waals surface area contributed by atoms with E-state index >= 15 is 0 Å². The summed E-state index contributed by atoms with van der Waals surface area (Å²) in [5.74, 6) is 1.82. The van der Waals surface area contributed by atoms with Crippen molar-refractivity contribution in [2.24, 2.45) is 5.92 Å². The Hall–Kier alpha value is -2.35. The van der Waals surface area contributed by atoms with Crippen LogP contribution in [0.1, 0.15) is 32.1 Å². The van der Waals surface area contributed by atoms with E-state index in [1.54, 1.807) is 35.8 Å². The lowest BCUT2D eigenvalue weighted by Crippen LogP contribution is -2.47. The first-order valence-corrected chi connectivity index (χ1v) is 13.3. The molecule has 2 fully saturated rings. The smallest absolute Gasteiger partial charge is 0.412 e. The van der Waals surface area contributed by atoms with Gasteiger partial charge in [0.05, 0.1) is 4.70 Å². The number of anilines is 2. The minimum absolute atomic E-state index is 0.0476. The molecule has 1 aliphatic heterocycles. The van der Waals surface area contributed by atoms with Crippen LogP contribution in [0.3, 0.4) is 0 Å². The average molecular weight is 499 g/mol. The second-order valence-electron chi connectivity index (χ2n) is 9.42. The lowest BCUT2D eigenvalue weighted by molar-refractivity contribution is 0.189. The second-order valence-corrected chi connectivity index (χ2v) is 10.7. The molecule has 5 rings (SSSR count). The fourth-order valence-electron chi connectivity index (χ4n) is 5.42. The summed E-state index contributed by atoms with van der Waals surface area (Å²) < 4.78 is 5.98. The molecule has 0 atom stereocenters. The molecule has 2 heterocycles. The van der Waals surface area contributed by atoms with Gasteiger partial charge in [0.2, 0.25) is 0 Å². The molecule has 34 heavy (non-hydrogen) atoms. The Bertz CT molecular complexity index is 1110. The number of piperazine rings is 1. The van der Waals surface area contributed by atoms with Gasteiger partial charge in [0.1, 0.15) is 5.82 Å². The summed E-state index contributed by atoms with van der Waals surface area (Å²) in [7, 11) is 0. The molecule has 3 aromatic rings. The summed E-state index contributed by atoms with van der Waals surface area (Å²) in [6.45, 7) is 5.32. The number of benzene rings is 2. The number of aromatic nitrogens is 1. The summed E-state index contributed by atoms with van der Waals surface area (Å²) in [6.07, 6.45) is 4.34. The van der Waals surface area contributed by atoms with Gasteiger partial charge in [0.15, 0.2) is 0 Å². The van der Waals surface area contributed by atoms with Crippen LogP contribution < -0.4 is 9.80 Å². The number of nitrogens with zero attached hydrogens (tertiary/aromatic N) is 4. The summed E-state index contributed by atoms with van der Waals surface area (Å²) in [6, 6.07) is 15.7. The summed E-state index contributed by atoms with van der Waals surface area (Å²) in [4.78, 5) is 18.5. The second kappa shape index (κ2) is 10.5. The van der Waals surface area contributed by atoms with Gasteiger partial charge in [-0.1, -0.05) is 23.7 Å². The van der Waals surface area contributed by atoms with E-state index < -0.39 is 6.09 Å². The topological polar surface area (TPSA) is 59.9 Å². The number of hydrogen-bond acceptors (Lipinski definition) is 5. The van der Waals surface area contributed by atoms with Crippen molar-refractivity contribution in [1.29, 1.82) is 0 Å². The minimum Gasteiger partial charge on any atom is -0.465 e. The zero-order valence-corrected chi connectivity index (χ0v) is 20.8. The lowest BCUT2D eigenvalue weighted by Gasteiger charge is -2.38.